The predicted octanol–water partition coefficient (Wildman–Crippen LogP) is 5.64. The van der Waals surface area contributed by atoms with Gasteiger partial charge in [0.2, 0.25) is 0 Å². The Kier molecular flexibility index (Phi) is 5.46. The standard InChI is InChI=1S/C23H19NO2S2/c1-2-24-22(25)21(28-23(24)27)14-16-7-5-11-19(13-16)26-15-18-10-6-9-17-8-3-4-12-20(17)18/h3-14H,2,15H2,1H3. The van der Waals surface area contributed by atoms with Crippen LogP contribution in [0, 0.1) is 0 Å². The van der Waals surface area contributed by atoms with Gasteiger partial charge in [0.1, 0.15) is 16.7 Å². The third kappa shape index (κ3) is 3.81. The molecule has 0 N–H and O–H groups in total. The van der Waals surface area contributed by atoms with Gasteiger partial charge in [-0.3, -0.25) is 9.69 Å². The molecule has 0 saturated carbocycles. The van der Waals surface area contributed by atoms with Gasteiger partial charge in [0.25, 0.3) is 5.91 Å². The Labute approximate surface area is 174 Å². The highest BCUT2D eigenvalue weighted by molar-refractivity contribution is 8.26. The average molecular weight is 406 g/mol. The third-order valence-electron chi connectivity index (χ3n) is 4.62. The van der Waals surface area contributed by atoms with Crippen molar-refractivity contribution in [3.05, 3.63) is 82.8 Å². The molecule has 3 aromatic rings. The van der Waals surface area contributed by atoms with Gasteiger partial charge in [0.15, 0.2) is 0 Å². The Morgan fingerprint density at radius 3 is 2.68 bits per heavy atom. The number of fused-ring (bicyclic) bond motifs is 1. The van der Waals surface area contributed by atoms with Crippen LogP contribution >= 0.6 is 24.0 Å². The Balaban J connectivity index is 1.52. The molecule has 0 atom stereocenters. The Morgan fingerprint density at radius 1 is 1.07 bits per heavy atom. The van der Waals surface area contributed by atoms with Gasteiger partial charge in [-0.15, -0.1) is 0 Å². The molecule has 3 aromatic carbocycles. The molecule has 1 amide bonds. The van der Waals surface area contributed by atoms with Gasteiger partial charge in [-0.05, 0) is 47.0 Å². The van der Waals surface area contributed by atoms with Crippen LogP contribution < -0.4 is 4.74 Å². The minimum Gasteiger partial charge on any atom is -0.489 e. The van der Waals surface area contributed by atoms with Crippen LogP contribution in [-0.2, 0) is 11.4 Å². The molecule has 1 aliphatic rings. The molecule has 0 spiro atoms. The molecule has 0 unspecified atom stereocenters. The van der Waals surface area contributed by atoms with Crippen LogP contribution in [0.15, 0.2) is 71.6 Å². The summed E-state index contributed by atoms with van der Waals surface area (Å²) in [6.07, 6.45) is 1.87. The van der Waals surface area contributed by atoms with Crippen LogP contribution in [0.2, 0.25) is 0 Å². The van der Waals surface area contributed by atoms with Crippen LogP contribution in [0.5, 0.6) is 5.75 Å². The molecule has 0 bridgehead atoms. The molecular formula is C23H19NO2S2. The minimum absolute atomic E-state index is 0.0282. The maximum Gasteiger partial charge on any atom is 0.266 e. The molecule has 1 saturated heterocycles. The SMILES string of the molecule is CCN1C(=O)C(=Cc2cccc(OCc3cccc4ccccc34)c2)SC1=S. The van der Waals surface area contributed by atoms with Crippen LogP contribution in [0.4, 0.5) is 0 Å². The zero-order valence-electron chi connectivity index (χ0n) is 15.4. The smallest absolute Gasteiger partial charge is 0.266 e. The van der Waals surface area contributed by atoms with E-state index in [2.05, 4.69) is 24.3 Å². The van der Waals surface area contributed by atoms with Crippen molar-refractivity contribution >= 4 is 51.1 Å². The number of hydrogen-bond acceptors (Lipinski definition) is 4. The van der Waals surface area contributed by atoms with Gasteiger partial charge in [-0.1, -0.05) is 78.6 Å². The van der Waals surface area contributed by atoms with E-state index >= 15 is 0 Å². The van der Waals surface area contributed by atoms with Crippen molar-refractivity contribution in [2.75, 3.05) is 6.54 Å². The van der Waals surface area contributed by atoms with Gasteiger partial charge in [-0.2, -0.15) is 0 Å². The van der Waals surface area contributed by atoms with Gasteiger partial charge < -0.3 is 4.74 Å². The first-order valence-corrected chi connectivity index (χ1v) is 10.3. The maximum atomic E-state index is 12.4. The normalized spacial score (nSPS) is 15.6. The van der Waals surface area contributed by atoms with Crippen molar-refractivity contribution in [3.8, 4) is 5.75 Å². The number of thioether (sulfide) groups is 1. The van der Waals surface area contributed by atoms with Gasteiger partial charge in [0.05, 0.1) is 4.91 Å². The summed E-state index contributed by atoms with van der Waals surface area (Å²) in [6, 6.07) is 22.3. The number of carbonyl (C=O) groups excluding carboxylic acids is 1. The van der Waals surface area contributed by atoms with E-state index in [1.54, 1.807) is 4.90 Å². The van der Waals surface area contributed by atoms with Crippen LogP contribution in [-0.4, -0.2) is 21.7 Å². The minimum atomic E-state index is -0.0282. The van der Waals surface area contributed by atoms with Crippen LogP contribution in [0.1, 0.15) is 18.1 Å². The lowest BCUT2D eigenvalue weighted by molar-refractivity contribution is -0.121. The number of likely N-dealkylation sites (N-methyl/N-ethyl adjacent to an activating group) is 1. The highest BCUT2D eigenvalue weighted by Crippen LogP contribution is 2.32. The number of rotatable bonds is 5. The lowest BCUT2D eigenvalue weighted by Crippen LogP contribution is -2.27. The van der Waals surface area contributed by atoms with Crippen molar-refractivity contribution in [3.63, 3.8) is 0 Å². The average Bonchev–Trinajstić information content (AvgIpc) is 2.99. The summed E-state index contributed by atoms with van der Waals surface area (Å²) in [5.41, 5.74) is 2.07. The molecule has 0 aliphatic carbocycles. The number of nitrogens with zero attached hydrogens (tertiary/aromatic N) is 1. The zero-order valence-corrected chi connectivity index (χ0v) is 17.1. The number of benzene rings is 3. The predicted molar refractivity (Wildman–Crippen MR) is 120 cm³/mol. The van der Waals surface area contributed by atoms with Crippen molar-refractivity contribution in [2.45, 2.75) is 13.5 Å². The molecule has 3 nitrogen and oxygen atoms in total. The number of carbonyl (C=O) groups is 1. The first kappa shape index (κ1) is 18.7. The summed E-state index contributed by atoms with van der Waals surface area (Å²) < 4.78 is 6.65. The summed E-state index contributed by atoms with van der Waals surface area (Å²) in [4.78, 5) is 14.7. The third-order valence-corrected chi connectivity index (χ3v) is 6.00. The molecule has 5 heteroatoms. The van der Waals surface area contributed by atoms with E-state index in [4.69, 9.17) is 17.0 Å². The number of amides is 1. The number of thiocarbonyl (C=S) groups is 1. The summed E-state index contributed by atoms with van der Waals surface area (Å²) in [5.74, 6) is 0.743. The van der Waals surface area contributed by atoms with Crippen molar-refractivity contribution in [1.82, 2.24) is 4.90 Å². The zero-order chi connectivity index (χ0) is 19.5. The fourth-order valence-electron chi connectivity index (χ4n) is 3.20. The Morgan fingerprint density at radius 2 is 1.86 bits per heavy atom. The fraction of sp³-hybridized carbons (Fsp3) is 0.130. The summed E-state index contributed by atoms with van der Waals surface area (Å²) >= 11 is 6.62. The van der Waals surface area contributed by atoms with E-state index in [1.165, 1.54) is 22.5 Å². The van der Waals surface area contributed by atoms with Gasteiger partial charge in [0, 0.05) is 6.54 Å². The molecule has 4 rings (SSSR count). The molecule has 1 aliphatic heterocycles. The van der Waals surface area contributed by atoms with Gasteiger partial charge in [-0.25, -0.2) is 0 Å². The number of ether oxygens (including phenoxy) is 1. The van der Waals surface area contributed by atoms with Crippen LogP contribution in [0.3, 0.4) is 0 Å². The van der Waals surface area contributed by atoms with E-state index in [1.807, 2.05) is 55.5 Å². The summed E-state index contributed by atoms with van der Waals surface area (Å²) in [7, 11) is 0. The quantitative estimate of drug-likeness (QED) is 0.406. The maximum absolute atomic E-state index is 12.4. The molecule has 28 heavy (non-hydrogen) atoms. The van der Waals surface area contributed by atoms with E-state index in [-0.39, 0.29) is 5.91 Å². The largest absolute Gasteiger partial charge is 0.489 e. The highest BCUT2D eigenvalue weighted by Gasteiger charge is 2.30. The van der Waals surface area contributed by atoms with E-state index in [0.717, 1.165) is 16.9 Å². The molecule has 0 aromatic heterocycles. The van der Waals surface area contributed by atoms with E-state index in [0.29, 0.717) is 22.4 Å². The molecule has 1 fully saturated rings. The van der Waals surface area contributed by atoms with E-state index < -0.39 is 0 Å². The molecule has 140 valence electrons. The highest BCUT2D eigenvalue weighted by atomic mass is 32.2. The molecule has 0 radical (unpaired) electrons. The fourth-order valence-corrected chi connectivity index (χ4v) is 4.58. The van der Waals surface area contributed by atoms with E-state index in [9.17, 15) is 4.79 Å². The number of hydrogen-bond donors (Lipinski definition) is 0. The molecule has 1 heterocycles. The first-order valence-electron chi connectivity index (χ1n) is 9.10. The second-order valence-electron chi connectivity index (χ2n) is 6.43. The van der Waals surface area contributed by atoms with Gasteiger partial charge >= 0.3 is 0 Å². The van der Waals surface area contributed by atoms with Crippen molar-refractivity contribution < 1.29 is 9.53 Å². The Bertz CT molecular complexity index is 1090. The first-order chi connectivity index (χ1) is 13.7. The van der Waals surface area contributed by atoms with Crippen LogP contribution in [0.25, 0.3) is 16.8 Å². The molecular weight excluding hydrogens is 386 g/mol. The lowest BCUT2D eigenvalue weighted by Gasteiger charge is -2.10. The summed E-state index contributed by atoms with van der Waals surface area (Å²) in [5, 5.41) is 2.40. The van der Waals surface area contributed by atoms with Crippen molar-refractivity contribution in [2.24, 2.45) is 0 Å². The second-order valence-corrected chi connectivity index (χ2v) is 8.10. The summed E-state index contributed by atoms with van der Waals surface area (Å²) in [6.45, 7) is 3.01. The monoisotopic (exact) mass is 405 g/mol. The lowest BCUT2D eigenvalue weighted by atomic mass is 10.1. The second kappa shape index (κ2) is 8.17. The Hall–Kier alpha value is -2.63. The topological polar surface area (TPSA) is 29.5 Å². The van der Waals surface area contributed by atoms with Crippen molar-refractivity contribution in [1.29, 1.82) is 0 Å².